The number of ether oxygens (including phenoxy) is 1. The molecule has 0 radical (unpaired) electrons. The Morgan fingerprint density at radius 2 is 1.82 bits per heavy atom. The summed E-state index contributed by atoms with van der Waals surface area (Å²) in [5, 5.41) is 0. The van der Waals surface area contributed by atoms with Crippen LogP contribution < -0.4 is 0 Å². The first-order chi connectivity index (χ1) is 8.06. The normalized spacial score (nSPS) is 13.8. The van der Waals surface area contributed by atoms with Gasteiger partial charge in [-0.3, -0.25) is 0 Å². The lowest BCUT2D eigenvalue weighted by Crippen LogP contribution is -1.89. The highest BCUT2D eigenvalue weighted by Crippen LogP contribution is 2.12. The van der Waals surface area contributed by atoms with Crippen LogP contribution in [-0.2, 0) is 4.74 Å². The van der Waals surface area contributed by atoms with E-state index in [-0.39, 0.29) is 0 Å². The summed E-state index contributed by atoms with van der Waals surface area (Å²) in [4.78, 5) is 0. The van der Waals surface area contributed by atoms with Crippen molar-refractivity contribution in [1.82, 2.24) is 0 Å². The van der Waals surface area contributed by atoms with E-state index in [1.165, 1.54) is 30.4 Å². The Morgan fingerprint density at radius 1 is 1.12 bits per heavy atom. The molecule has 0 aromatic heterocycles. The van der Waals surface area contributed by atoms with Crippen molar-refractivity contribution in [2.45, 2.75) is 53.4 Å². The van der Waals surface area contributed by atoms with Crippen LogP contribution in [0.25, 0.3) is 0 Å². The number of allylic oxidation sites excluding steroid dienone is 5. The van der Waals surface area contributed by atoms with Crippen LogP contribution >= 0.6 is 0 Å². The summed E-state index contributed by atoms with van der Waals surface area (Å²) in [6.45, 7) is 8.77. The van der Waals surface area contributed by atoms with Crippen molar-refractivity contribution in [2.24, 2.45) is 5.92 Å². The molecule has 0 bridgehead atoms. The molecule has 0 aromatic rings. The zero-order valence-electron chi connectivity index (χ0n) is 12.1. The molecule has 17 heavy (non-hydrogen) atoms. The maximum atomic E-state index is 4.91. The fourth-order valence-electron chi connectivity index (χ4n) is 1.59. The molecule has 0 N–H and O–H groups in total. The van der Waals surface area contributed by atoms with Crippen molar-refractivity contribution in [3.63, 3.8) is 0 Å². The Balaban J connectivity index is 3.76. The van der Waals surface area contributed by atoms with Crippen molar-refractivity contribution in [3.8, 4) is 0 Å². The van der Waals surface area contributed by atoms with Gasteiger partial charge in [0.15, 0.2) is 0 Å². The number of methoxy groups -OCH3 is 1. The summed E-state index contributed by atoms with van der Waals surface area (Å²) in [6, 6.07) is 0. The maximum Gasteiger partial charge on any atom is 0.0787 e. The van der Waals surface area contributed by atoms with Gasteiger partial charge in [-0.1, -0.05) is 30.2 Å². The first-order valence-electron chi connectivity index (χ1n) is 6.54. The quantitative estimate of drug-likeness (QED) is 0.413. The Labute approximate surface area is 107 Å². The molecule has 0 spiro atoms. The molecular formula is C16H28O. The van der Waals surface area contributed by atoms with Gasteiger partial charge in [-0.2, -0.15) is 0 Å². The molecule has 0 rings (SSSR count). The zero-order chi connectivity index (χ0) is 13.1. The van der Waals surface area contributed by atoms with Crippen LogP contribution in [0, 0.1) is 5.92 Å². The van der Waals surface area contributed by atoms with Gasteiger partial charge in [0, 0.05) is 0 Å². The average molecular weight is 236 g/mol. The highest BCUT2D eigenvalue weighted by molar-refractivity contribution is 5.02. The maximum absolute atomic E-state index is 4.91. The third-order valence-corrected chi connectivity index (χ3v) is 2.75. The topological polar surface area (TPSA) is 9.23 Å². The SMILES string of the molecule is CO/C=C/C(C)CCC=C(C)CCC=C(C)C. The molecule has 1 unspecified atom stereocenters. The standard InChI is InChI=1S/C16H28O/c1-14(2)8-6-9-15(3)10-7-11-16(4)12-13-17-5/h8,10,12-13,16H,6-7,9,11H2,1-5H3/b13-12+,15-10?. The lowest BCUT2D eigenvalue weighted by atomic mass is 10.0. The third kappa shape index (κ3) is 11.3. The monoisotopic (exact) mass is 236 g/mol. The van der Waals surface area contributed by atoms with Crippen LogP contribution in [0.15, 0.2) is 35.6 Å². The fourth-order valence-corrected chi connectivity index (χ4v) is 1.59. The molecule has 98 valence electrons. The Kier molecular flexibility index (Phi) is 9.60. The van der Waals surface area contributed by atoms with E-state index in [1.807, 2.05) is 0 Å². The van der Waals surface area contributed by atoms with Crippen LogP contribution in [0.4, 0.5) is 0 Å². The first kappa shape index (κ1) is 16.0. The van der Waals surface area contributed by atoms with Crippen molar-refractivity contribution >= 4 is 0 Å². The predicted molar refractivity (Wildman–Crippen MR) is 77.0 cm³/mol. The van der Waals surface area contributed by atoms with Gasteiger partial charge in [-0.05, 0) is 58.4 Å². The Morgan fingerprint density at radius 3 is 2.41 bits per heavy atom. The third-order valence-electron chi connectivity index (χ3n) is 2.75. The van der Waals surface area contributed by atoms with Crippen LogP contribution in [-0.4, -0.2) is 7.11 Å². The first-order valence-corrected chi connectivity index (χ1v) is 6.54. The van der Waals surface area contributed by atoms with Gasteiger partial charge in [-0.25, -0.2) is 0 Å². The summed E-state index contributed by atoms with van der Waals surface area (Å²) < 4.78 is 4.91. The molecule has 0 saturated heterocycles. The second kappa shape index (κ2) is 10.2. The van der Waals surface area contributed by atoms with Gasteiger partial charge >= 0.3 is 0 Å². The molecular weight excluding hydrogens is 208 g/mol. The smallest absolute Gasteiger partial charge is 0.0787 e. The predicted octanol–water partition coefficient (Wildman–Crippen LogP) is 5.26. The van der Waals surface area contributed by atoms with Crippen LogP contribution in [0.5, 0.6) is 0 Å². The van der Waals surface area contributed by atoms with Crippen LogP contribution in [0.1, 0.15) is 53.4 Å². The molecule has 0 heterocycles. The van der Waals surface area contributed by atoms with Gasteiger partial charge in [0.05, 0.1) is 13.4 Å². The zero-order valence-corrected chi connectivity index (χ0v) is 12.1. The number of hydrogen-bond acceptors (Lipinski definition) is 1. The molecule has 1 nitrogen and oxygen atoms in total. The summed E-state index contributed by atoms with van der Waals surface area (Å²) >= 11 is 0. The minimum atomic E-state index is 0.594. The minimum Gasteiger partial charge on any atom is -0.505 e. The van der Waals surface area contributed by atoms with Crippen molar-refractivity contribution in [3.05, 3.63) is 35.6 Å². The number of rotatable bonds is 8. The number of hydrogen-bond donors (Lipinski definition) is 0. The molecule has 0 aliphatic rings. The van der Waals surface area contributed by atoms with Crippen molar-refractivity contribution in [1.29, 1.82) is 0 Å². The molecule has 0 aliphatic carbocycles. The van der Waals surface area contributed by atoms with E-state index in [2.05, 4.69) is 45.9 Å². The molecule has 0 fully saturated rings. The minimum absolute atomic E-state index is 0.594. The van der Waals surface area contributed by atoms with E-state index in [1.54, 1.807) is 13.4 Å². The largest absolute Gasteiger partial charge is 0.505 e. The van der Waals surface area contributed by atoms with Gasteiger partial charge < -0.3 is 4.74 Å². The molecule has 0 aliphatic heterocycles. The molecule has 0 saturated carbocycles. The van der Waals surface area contributed by atoms with Crippen molar-refractivity contribution in [2.75, 3.05) is 7.11 Å². The molecule has 1 heteroatoms. The van der Waals surface area contributed by atoms with E-state index in [9.17, 15) is 0 Å². The molecule has 0 aromatic carbocycles. The van der Waals surface area contributed by atoms with Gasteiger partial charge in [0.25, 0.3) is 0 Å². The van der Waals surface area contributed by atoms with E-state index in [0.29, 0.717) is 5.92 Å². The van der Waals surface area contributed by atoms with Crippen molar-refractivity contribution < 1.29 is 4.74 Å². The summed E-state index contributed by atoms with van der Waals surface area (Å²) in [5.74, 6) is 0.594. The highest BCUT2D eigenvalue weighted by Gasteiger charge is 1.95. The Hall–Kier alpha value is -0.980. The van der Waals surface area contributed by atoms with Gasteiger partial charge in [0.1, 0.15) is 0 Å². The Bertz CT molecular complexity index is 267. The fraction of sp³-hybridized carbons (Fsp3) is 0.625. The van der Waals surface area contributed by atoms with Crippen LogP contribution in [0.3, 0.4) is 0 Å². The van der Waals surface area contributed by atoms with Gasteiger partial charge in [0.2, 0.25) is 0 Å². The second-order valence-corrected chi connectivity index (χ2v) is 4.99. The summed E-state index contributed by atoms with van der Waals surface area (Å²) in [5.41, 5.74) is 2.92. The average Bonchev–Trinajstić information content (AvgIpc) is 2.25. The van der Waals surface area contributed by atoms with E-state index < -0.39 is 0 Å². The summed E-state index contributed by atoms with van der Waals surface area (Å²) in [7, 11) is 1.69. The summed E-state index contributed by atoms with van der Waals surface area (Å²) in [6.07, 6.45) is 13.3. The van der Waals surface area contributed by atoms with Gasteiger partial charge in [-0.15, -0.1) is 0 Å². The van der Waals surface area contributed by atoms with E-state index in [0.717, 1.165) is 6.42 Å². The molecule has 0 amide bonds. The lowest BCUT2D eigenvalue weighted by molar-refractivity contribution is 0.333. The lowest BCUT2D eigenvalue weighted by Gasteiger charge is -2.04. The molecule has 1 atom stereocenters. The van der Waals surface area contributed by atoms with Crippen LogP contribution in [0.2, 0.25) is 0 Å². The van der Waals surface area contributed by atoms with E-state index in [4.69, 9.17) is 4.74 Å². The van der Waals surface area contributed by atoms with E-state index >= 15 is 0 Å². The second-order valence-electron chi connectivity index (χ2n) is 4.99. The highest BCUT2D eigenvalue weighted by atomic mass is 16.5.